The fourth-order valence-corrected chi connectivity index (χ4v) is 1.80. The van der Waals surface area contributed by atoms with Crippen LogP contribution < -0.4 is 15.8 Å². The van der Waals surface area contributed by atoms with Crippen LogP contribution >= 0.6 is 0 Å². The van der Waals surface area contributed by atoms with Crippen molar-refractivity contribution < 1.29 is 13.5 Å². The Morgan fingerprint density at radius 2 is 2.00 bits per heavy atom. The van der Waals surface area contributed by atoms with Gasteiger partial charge >= 0.3 is 0 Å². The number of ether oxygens (including phenoxy) is 1. The average Bonchev–Trinajstić information content (AvgIpc) is 2.54. The summed E-state index contributed by atoms with van der Waals surface area (Å²) >= 11 is 0. The van der Waals surface area contributed by atoms with Gasteiger partial charge in [0.15, 0.2) is 5.82 Å². The normalized spacial score (nSPS) is 10.3. The number of benzene rings is 1. The highest BCUT2D eigenvalue weighted by atomic mass is 19.1. The van der Waals surface area contributed by atoms with Crippen LogP contribution in [0.3, 0.4) is 0 Å². The summed E-state index contributed by atoms with van der Waals surface area (Å²) < 4.78 is 32.1. The lowest BCUT2D eigenvalue weighted by molar-refractivity contribution is 0.462. The minimum atomic E-state index is -0.766. The zero-order valence-corrected chi connectivity index (χ0v) is 11.7. The predicted octanol–water partition coefficient (Wildman–Crippen LogP) is 3.27. The van der Waals surface area contributed by atoms with Crippen molar-refractivity contribution in [3.63, 3.8) is 0 Å². The van der Waals surface area contributed by atoms with Crippen LogP contribution in [-0.2, 0) is 0 Å². The summed E-state index contributed by atoms with van der Waals surface area (Å²) in [4.78, 5) is 11.8. The Hall–Kier alpha value is -3.29. The molecule has 3 N–H and O–H groups in total. The van der Waals surface area contributed by atoms with Gasteiger partial charge in [-0.2, -0.15) is 4.98 Å². The Morgan fingerprint density at radius 1 is 1.13 bits per heavy atom. The Bertz CT molecular complexity index is 829. The van der Waals surface area contributed by atoms with E-state index in [-0.39, 0.29) is 23.1 Å². The van der Waals surface area contributed by atoms with Gasteiger partial charge in [0, 0.05) is 12.3 Å². The minimum Gasteiger partial charge on any atom is -0.435 e. The molecule has 0 aliphatic carbocycles. The fraction of sp³-hybridized carbons (Fsp3) is 0. The van der Waals surface area contributed by atoms with E-state index >= 15 is 0 Å². The van der Waals surface area contributed by atoms with Crippen LogP contribution in [0.25, 0.3) is 0 Å². The quantitative estimate of drug-likeness (QED) is 0.768. The third-order valence-corrected chi connectivity index (χ3v) is 2.88. The largest absolute Gasteiger partial charge is 0.435 e. The van der Waals surface area contributed by atoms with E-state index in [0.29, 0.717) is 5.75 Å². The molecule has 3 aromatic rings. The third-order valence-electron chi connectivity index (χ3n) is 2.88. The molecule has 23 heavy (non-hydrogen) atoms. The first-order valence-electron chi connectivity index (χ1n) is 6.54. The van der Waals surface area contributed by atoms with Gasteiger partial charge in [-0.1, -0.05) is 0 Å². The Balaban J connectivity index is 1.87. The molecule has 0 radical (unpaired) electrons. The summed E-state index contributed by atoms with van der Waals surface area (Å²) in [6, 6.07) is 6.50. The molecule has 0 fully saturated rings. The standard InChI is InChI=1S/C15H11F2N5O/c16-9-3-4-12(11(17)6-9)22-14-13(18)15(21-8-20-14)23-10-2-1-5-19-7-10/h1-8H,18H2,(H,20,21,22). The number of aromatic nitrogens is 3. The first-order valence-corrected chi connectivity index (χ1v) is 6.54. The number of hydrogen-bond acceptors (Lipinski definition) is 6. The SMILES string of the molecule is Nc1c(Nc2ccc(F)cc2F)ncnc1Oc1cccnc1. The summed E-state index contributed by atoms with van der Waals surface area (Å²) in [5, 5.41) is 2.68. The van der Waals surface area contributed by atoms with Crippen LogP contribution in [0.1, 0.15) is 0 Å². The molecule has 8 heteroatoms. The number of nitrogens with zero attached hydrogens (tertiary/aromatic N) is 3. The maximum absolute atomic E-state index is 13.7. The van der Waals surface area contributed by atoms with E-state index < -0.39 is 11.6 Å². The molecule has 2 heterocycles. The second-order valence-electron chi connectivity index (χ2n) is 4.48. The maximum Gasteiger partial charge on any atom is 0.248 e. The van der Waals surface area contributed by atoms with Crippen molar-refractivity contribution in [1.29, 1.82) is 0 Å². The van der Waals surface area contributed by atoms with Crippen LogP contribution in [0.2, 0.25) is 0 Å². The topological polar surface area (TPSA) is 86.0 Å². The minimum absolute atomic E-state index is 0.0316. The van der Waals surface area contributed by atoms with Gasteiger partial charge < -0.3 is 15.8 Å². The van der Waals surface area contributed by atoms with E-state index in [4.69, 9.17) is 10.5 Å². The Kier molecular flexibility index (Phi) is 3.96. The third kappa shape index (κ3) is 3.31. The number of anilines is 3. The fourth-order valence-electron chi connectivity index (χ4n) is 1.80. The molecular weight excluding hydrogens is 304 g/mol. The molecule has 1 aromatic carbocycles. The second kappa shape index (κ2) is 6.22. The molecule has 0 aliphatic heterocycles. The molecule has 0 amide bonds. The highest BCUT2D eigenvalue weighted by Crippen LogP contribution is 2.31. The lowest BCUT2D eigenvalue weighted by Crippen LogP contribution is -2.04. The van der Waals surface area contributed by atoms with Gasteiger partial charge in [-0.3, -0.25) is 4.98 Å². The monoisotopic (exact) mass is 315 g/mol. The summed E-state index contributed by atoms with van der Waals surface area (Å²) in [5.74, 6) is -0.763. The number of nitrogens with two attached hydrogens (primary N) is 1. The number of hydrogen-bond donors (Lipinski definition) is 2. The molecule has 0 saturated carbocycles. The maximum atomic E-state index is 13.7. The van der Waals surface area contributed by atoms with Crippen molar-refractivity contribution in [2.45, 2.75) is 0 Å². The van der Waals surface area contributed by atoms with E-state index in [1.54, 1.807) is 18.3 Å². The van der Waals surface area contributed by atoms with Gasteiger partial charge in [-0.05, 0) is 24.3 Å². The lowest BCUT2D eigenvalue weighted by Gasteiger charge is -2.12. The van der Waals surface area contributed by atoms with Crippen molar-refractivity contribution in [2.24, 2.45) is 0 Å². The van der Waals surface area contributed by atoms with Crippen molar-refractivity contribution in [3.8, 4) is 11.6 Å². The number of nitrogens with one attached hydrogen (secondary N) is 1. The molecule has 0 aliphatic rings. The average molecular weight is 315 g/mol. The van der Waals surface area contributed by atoms with E-state index in [1.165, 1.54) is 18.6 Å². The molecule has 0 saturated heterocycles. The number of nitrogen functional groups attached to an aromatic ring is 1. The highest BCUT2D eigenvalue weighted by molar-refractivity contribution is 5.72. The van der Waals surface area contributed by atoms with E-state index in [0.717, 1.165) is 12.1 Å². The number of pyridine rings is 1. The first-order chi connectivity index (χ1) is 11.1. The molecule has 6 nitrogen and oxygen atoms in total. The summed E-state index contributed by atoms with van der Waals surface area (Å²) in [5.41, 5.74) is 6.04. The highest BCUT2D eigenvalue weighted by Gasteiger charge is 2.12. The summed E-state index contributed by atoms with van der Waals surface area (Å²) in [6.07, 6.45) is 4.31. The smallest absolute Gasteiger partial charge is 0.248 e. The summed E-state index contributed by atoms with van der Waals surface area (Å²) in [7, 11) is 0. The second-order valence-corrected chi connectivity index (χ2v) is 4.48. The van der Waals surface area contributed by atoms with Crippen LogP contribution in [0, 0.1) is 11.6 Å². The molecule has 0 atom stereocenters. The van der Waals surface area contributed by atoms with Crippen molar-refractivity contribution in [1.82, 2.24) is 15.0 Å². The number of halogens is 2. The number of rotatable bonds is 4. The Morgan fingerprint density at radius 3 is 2.74 bits per heavy atom. The van der Waals surface area contributed by atoms with Gasteiger partial charge in [0.2, 0.25) is 5.88 Å². The zero-order valence-electron chi connectivity index (χ0n) is 11.7. The van der Waals surface area contributed by atoms with Gasteiger partial charge in [-0.15, -0.1) is 0 Å². The first kappa shape index (κ1) is 14.6. The van der Waals surface area contributed by atoms with Crippen molar-refractivity contribution in [2.75, 3.05) is 11.1 Å². The van der Waals surface area contributed by atoms with E-state index in [1.807, 2.05) is 0 Å². The van der Waals surface area contributed by atoms with Gasteiger partial charge in [0.05, 0.1) is 11.9 Å². The van der Waals surface area contributed by atoms with Gasteiger partial charge in [0.1, 0.15) is 29.4 Å². The zero-order chi connectivity index (χ0) is 16.2. The van der Waals surface area contributed by atoms with Crippen LogP contribution in [0.15, 0.2) is 49.1 Å². The molecule has 3 rings (SSSR count). The van der Waals surface area contributed by atoms with Crippen LogP contribution in [0.5, 0.6) is 11.6 Å². The Labute approximate surface area is 130 Å². The van der Waals surface area contributed by atoms with Crippen LogP contribution in [-0.4, -0.2) is 15.0 Å². The van der Waals surface area contributed by atoms with Crippen molar-refractivity contribution in [3.05, 3.63) is 60.7 Å². The van der Waals surface area contributed by atoms with E-state index in [2.05, 4.69) is 20.3 Å². The predicted molar refractivity (Wildman–Crippen MR) is 80.4 cm³/mol. The van der Waals surface area contributed by atoms with Gasteiger partial charge in [-0.25, -0.2) is 13.8 Å². The van der Waals surface area contributed by atoms with Gasteiger partial charge in [0.25, 0.3) is 0 Å². The van der Waals surface area contributed by atoms with Crippen LogP contribution in [0.4, 0.5) is 26.0 Å². The molecule has 2 aromatic heterocycles. The molecule has 0 unspecified atom stereocenters. The van der Waals surface area contributed by atoms with Crippen molar-refractivity contribution >= 4 is 17.2 Å². The summed E-state index contributed by atoms with van der Waals surface area (Å²) in [6.45, 7) is 0. The van der Waals surface area contributed by atoms with E-state index in [9.17, 15) is 8.78 Å². The molecule has 0 bridgehead atoms. The molecular formula is C15H11F2N5O. The molecule has 0 spiro atoms. The lowest BCUT2D eigenvalue weighted by atomic mass is 10.3. The molecule has 116 valence electrons.